The van der Waals surface area contributed by atoms with E-state index in [1.165, 1.54) is 4.90 Å². The molecule has 1 spiro atoms. The number of rotatable bonds is 1. The van der Waals surface area contributed by atoms with Gasteiger partial charge in [-0.25, -0.2) is 0 Å². The Labute approximate surface area is 129 Å². The van der Waals surface area contributed by atoms with Crippen LogP contribution < -0.4 is 4.90 Å². The first-order valence-electron chi connectivity index (χ1n) is 7.51. The number of hydrogen-bond donors (Lipinski definition) is 0. The van der Waals surface area contributed by atoms with Gasteiger partial charge in [0.25, 0.3) is 0 Å². The highest BCUT2D eigenvalue weighted by Gasteiger charge is 2.41. The van der Waals surface area contributed by atoms with Gasteiger partial charge in [0, 0.05) is 38.7 Å². The van der Waals surface area contributed by atoms with Crippen molar-refractivity contribution in [1.29, 1.82) is 0 Å². The van der Waals surface area contributed by atoms with E-state index in [1.807, 2.05) is 18.2 Å². The highest BCUT2D eigenvalue weighted by molar-refractivity contribution is 6.40. The molecule has 0 aliphatic carbocycles. The molecule has 1 aromatic carbocycles. The van der Waals surface area contributed by atoms with Gasteiger partial charge in [0.2, 0.25) is 0 Å². The van der Waals surface area contributed by atoms with E-state index < -0.39 is 17.6 Å². The Hall–Kier alpha value is -1.92. The van der Waals surface area contributed by atoms with Crippen LogP contribution in [0, 0.1) is 0 Å². The fourth-order valence-electron chi connectivity index (χ4n) is 2.88. The molecule has 118 valence electrons. The quantitative estimate of drug-likeness (QED) is 0.727. The number of hydrogen-bond acceptors (Lipinski definition) is 4. The zero-order chi connectivity index (χ0) is 15.6. The van der Waals surface area contributed by atoms with Crippen molar-refractivity contribution in [1.82, 2.24) is 4.90 Å². The van der Waals surface area contributed by atoms with Gasteiger partial charge in [-0.1, -0.05) is 18.2 Å². The van der Waals surface area contributed by atoms with Crippen LogP contribution in [-0.4, -0.2) is 55.9 Å². The second-order valence-electron chi connectivity index (χ2n) is 5.60. The number of para-hydroxylation sites is 1. The molecule has 2 aliphatic rings. The summed E-state index contributed by atoms with van der Waals surface area (Å²) in [5.74, 6) is -1.53. The minimum atomic E-state index is -0.537. The van der Waals surface area contributed by atoms with Crippen molar-refractivity contribution < 1.29 is 19.1 Å². The van der Waals surface area contributed by atoms with Crippen LogP contribution in [0.15, 0.2) is 30.3 Å². The van der Waals surface area contributed by atoms with Gasteiger partial charge in [-0.2, -0.15) is 0 Å². The van der Waals surface area contributed by atoms with Gasteiger partial charge in [0.05, 0.1) is 13.2 Å². The zero-order valence-corrected chi connectivity index (χ0v) is 12.7. The number of likely N-dealkylation sites (tertiary alicyclic amines) is 1. The fourth-order valence-corrected chi connectivity index (χ4v) is 2.88. The fraction of sp³-hybridized carbons (Fsp3) is 0.500. The molecule has 0 bridgehead atoms. The Morgan fingerprint density at radius 3 is 2.27 bits per heavy atom. The van der Waals surface area contributed by atoms with Crippen LogP contribution >= 0.6 is 0 Å². The SMILES string of the molecule is CN(C(=O)C(=O)N1CCC2(CC1)OCCO2)c1ccccc1. The van der Waals surface area contributed by atoms with Crippen molar-refractivity contribution >= 4 is 17.5 Å². The lowest BCUT2D eigenvalue weighted by molar-refractivity contribution is -0.187. The van der Waals surface area contributed by atoms with E-state index in [1.54, 1.807) is 24.1 Å². The molecule has 2 heterocycles. The summed E-state index contributed by atoms with van der Waals surface area (Å²) in [4.78, 5) is 27.7. The van der Waals surface area contributed by atoms with Crippen molar-refractivity contribution in [3.63, 3.8) is 0 Å². The second-order valence-corrected chi connectivity index (χ2v) is 5.60. The lowest BCUT2D eigenvalue weighted by atomic mass is 10.0. The van der Waals surface area contributed by atoms with Crippen molar-refractivity contribution in [2.45, 2.75) is 18.6 Å². The summed E-state index contributed by atoms with van der Waals surface area (Å²) < 4.78 is 11.3. The zero-order valence-electron chi connectivity index (χ0n) is 12.7. The molecule has 0 radical (unpaired) electrons. The first kappa shape index (κ1) is 15.0. The van der Waals surface area contributed by atoms with E-state index in [4.69, 9.17) is 9.47 Å². The van der Waals surface area contributed by atoms with Gasteiger partial charge >= 0.3 is 11.8 Å². The van der Waals surface area contributed by atoms with Crippen molar-refractivity contribution in [2.75, 3.05) is 38.3 Å². The van der Waals surface area contributed by atoms with Gasteiger partial charge in [0.15, 0.2) is 5.79 Å². The first-order chi connectivity index (χ1) is 10.6. The predicted molar refractivity (Wildman–Crippen MR) is 80.3 cm³/mol. The Morgan fingerprint density at radius 2 is 1.68 bits per heavy atom. The molecule has 0 N–H and O–H groups in total. The molecule has 6 nitrogen and oxygen atoms in total. The molecule has 2 saturated heterocycles. The van der Waals surface area contributed by atoms with E-state index in [2.05, 4.69) is 0 Å². The molecule has 0 saturated carbocycles. The molecule has 22 heavy (non-hydrogen) atoms. The summed E-state index contributed by atoms with van der Waals surface area (Å²) in [5, 5.41) is 0. The monoisotopic (exact) mass is 304 g/mol. The van der Waals surface area contributed by atoms with Crippen molar-refractivity contribution in [3.8, 4) is 0 Å². The minimum Gasteiger partial charge on any atom is -0.347 e. The molecule has 1 aromatic rings. The number of benzene rings is 1. The molecule has 0 unspecified atom stereocenters. The van der Waals surface area contributed by atoms with Crippen LogP contribution in [0.3, 0.4) is 0 Å². The van der Waals surface area contributed by atoms with Crippen molar-refractivity contribution in [3.05, 3.63) is 30.3 Å². The van der Waals surface area contributed by atoms with Crippen LogP contribution in [0.4, 0.5) is 5.69 Å². The highest BCUT2D eigenvalue weighted by atomic mass is 16.7. The minimum absolute atomic E-state index is 0.473. The van der Waals surface area contributed by atoms with Gasteiger partial charge in [-0.05, 0) is 12.1 Å². The number of ether oxygens (including phenoxy) is 2. The van der Waals surface area contributed by atoms with Gasteiger partial charge in [-0.15, -0.1) is 0 Å². The third kappa shape index (κ3) is 2.84. The third-order valence-corrected chi connectivity index (χ3v) is 4.26. The lowest BCUT2D eigenvalue weighted by Gasteiger charge is -2.37. The third-order valence-electron chi connectivity index (χ3n) is 4.26. The summed E-state index contributed by atoms with van der Waals surface area (Å²) >= 11 is 0. The maximum absolute atomic E-state index is 12.4. The molecular formula is C16H20N2O4. The number of anilines is 1. The largest absolute Gasteiger partial charge is 0.347 e. The highest BCUT2D eigenvalue weighted by Crippen LogP contribution is 2.31. The maximum atomic E-state index is 12.4. The van der Waals surface area contributed by atoms with Crippen LogP contribution in [0.5, 0.6) is 0 Å². The molecule has 0 atom stereocenters. The number of carbonyl (C=O) groups is 2. The van der Waals surface area contributed by atoms with E-state index >= 15 is 0 Å². The molecular weight excluding hydrogens is 284 g/mol. The standard InChI is InChI=1S/C16H20N2O4/c1-17(13-5-3-2-4-6-13)14(19)15(20)18-9-7-16(8-10-18)21-11-12-22-16/h2-6H,7-12H2,1H3. The predicted octanol–water partition coefficient (Wildman–Crippen LogP) is 1.01. The summed E-state index contributed by atoms with van der Waals surface area (Å²) in [6.07, 6.45) is 1.22. The number of carbonyl (C=O) groups excluding carboxylic acids is 2. The first-order valence-corrected chi connectivity index (χ1v) is 7.51. The molecule has 2 fully saturated rings. The number of amides is 2. The summed E-state index contributed by atoms with van der Waals surface area (Å²) in [5.41, 5.74) is 0.705. The van der Waals surface area contributed by atoms with Gasteiger partial charge in [-0.3, -0.25) is 9.59 Å². The summed E-state index contributed by atoms with van der Waals surface area (Å²) in [7, 11) is 1.62. The lowest BCUT2D eigenvalue weighted by Crippen LogP contribution is -2.51. The summed E-state index contributed by atoms with van der Waals surface area (Å²) in [6.45, 7) is 2.16. The van der Waals surface area contributed by atoms with E-state index in [-0.39, 0.29) is 0 Å². The van der Waals surface area contributed by atoms with Crippen LogP contribution in [0.25, 0.3) is 0 Å². The number of piperidine rings is 1. The van der Waals surface area contributed by atoms with Crippen LogP contribution in [-0.2, 0) is 19.1 Å². The normalized spacial score (nSPS) is 20.1. The van der Waals surface area contributed by atoms with Gasteiger partial charge < -0.3 is 19.3 Å². The Balaban J connectivity index is 1.61. The van der Waals surface area contributed by atoms with Crippen LogP contribution in [0.2, 0.25) is 0 Å². The molecule has 6 heteroatoms. The van der Waals surface area contributed by atoms with E-state index in [9.17, 15) is 9.59 Å². The molecule has 2 aliphatic heterocycles. The molecule has 3 rings (SSSR count). The number of likely N-dealkylation sites (N-methyl/N-ethyl adjacent to an activating group) is 1. The Kier molecular flexibility index (Phi) is 4.13. The van der Waals surface area contributed by atoms with Gasteiger partial charge in [0.1, 0.15) is 0 Å². The van der Waals surface area contributed by atoms with Crippen molar-refractivity contribution in [2.24, 2.45) is 0 Å². The van der Waals surface area contributed by atoms with E-state index in [0.717, 1.165) is 0 Å². The molecule has 0 aromatic heterocycles. The second kappa shape index (κ2) is 6.06. The Bertz CT molecular complexity index is 545. The maximum Gasteiger partial charge on any atom is 0.316 e. The average Bonchev–Trinajstić information content (AvgIpc) is 3.02. The topological polar surface area (TPSA) is 59.1 Å². The van der Waals surface area contributed by atoms with Crippen LogP contribution in [0.1, 0.15) is 12.8 Å². The summed E-state index contributed by atoms with van der Waals surface area (Å²) in [6, 6.07) is 9.15. The smallest absolute Gasteiger partial charge is 0.316 e. The Morgan fingerprint density at radius 1 is 1.09 bits per heavy atom. The molecule has 2 amide bonds. The number of nitrogens with zero attached hydrogens (tertiary/aromatic N) is 2. The van der Waals surface area contributed by atoms with E-state index in [0.29, 0.717) is 44.8 Å². The average molecular weight is 304 g/mol.